The molecule has 0 bridgehead atoms. The first kappa shape index (κ1) is 93.1. The van der Waals surface area contributed by atoms with E-state index < -0.39 is 241 Å². The van der Waals surface area contributed by atoms with Crippen molar-refractivity contribution >= 4 is 28.0 Å². The van der Waals surface area contributed by atoms with Crippen molar-refractivity contribution < 1.29 is 169 Å². The van der Waals surface area contributed by atoms with E-state index in [-0.39, 0.29) is 53.5 Å². The number of benzene rings is 6. The molecule has 4 aromatic heterocycles. The topological polar surface area (TPSA) is 51.6 Å². The molecule has 0 aliphatic carbocycles. The first-order valence-corrected chi connectivity index (χ1v) is 31.3. The standard InChI is InChI=1S/C32H12BF24.C18H24N2.2C12H5F5N.Ir/c34-25(35,36)13-1-14(26(37,38)39)6-21(5-13)33(22-7-15(27(40,41)42)2-16(8-22)28(43,44)45,23-9-17(29(46,47)48)3-18(10-23)30(49,50)51)24-11-19(31(52,53)54)4-20(12-24)32(55,56)57;1-17(2,3)13-7-9-19-15(11-13)16-12-14(8-10-20-16)18(4,5)6;2*13-8-2-3-9(10(14)5-8)11-4-1-7(6-18-11)12(15,16)17;/h1-12H;7-12H,1-6H3;2*1-2,4-6H;/q-1;;2*-1;+3. The molecule has 0 amide bonds. The molecule has 0 saturated heterocycles. The summed E-state index contributed by atoms with van der Waals surface area (Å²) in [5.41, 5.74) is -27.8. The Kier molecular flexibility index (Phi) is 27.1. The van der Waals surface area contributed by atoms with Gasteiger partial charge in [-0.2, -0.15) is 154 Å². The molecule has 0 aliphatic rings. The van der Waals surface area contributed by atoms with Gasteiger partial charge in [0.15, 0.2) is 0 Å². The van der Waals surface area contributed by atoms with Crippen molar-refractivity contribution in [2.45, 2.75) is 114 Å². The SMILES string of the molecule is CC(C)(C)c1ccnc(-c2cc(C(C)(C)C)ccn2)c1.FC(F)(F)c1cc([B-](c2cc(C(F)(F)F)cc(C(F)(F)F)c2)(c2cc(C(F)(F)F)cc(C(F)(F)F)c2)c2cc(C(F)(F)F)cc(C(F)(F)F)c2)cc(C(F)(F)F)c1.Fc1c[c-]c(-c2ccc(C(F)(F)F)cn2)c(F)c1.Fc1c[c-]c(-c2ccc(C(F)(F)F)cn2)c(F)c1.[Ir+3]. The molecule has 4 heterocycles. The molecule has 10 aromatic rings. The number of halogens is 34. The van der Waals surface area contributed by atoms with Crippen molar-refractivity contribution in [2.75, 3.05) is 0 Å². The Bertz CT molecular complexity index is 4420. The molecular formula is C74H46BF34IrN4. The van der Waals surface area contributed by atoms with Crippen LogP contribution in [0.2, 0.25) is 0 Å². The number of nitrogens with zero attached hydrogens (tertiary/aromatic N) is 4. The first-order valence-electron chi connectivity index (χ1n) is 31.3. The van der Waals surface area contributed by atoms with Crippen LogP contribution < -0.4 is 21.9 Å². The zero-order valence-electron chi connectivity index (χ0n) is 57.7. The number of pyridine rings is 4. The molecule has 0 spiro atoms. The fourth-order valence-corrected chi connectivity index (χ4v) is 10.8. The summed E-state index contributed by atoms with van der Waals surface area (Å²) in [4.78, 5) is 16.0. The van der Waals surface area contributed by atoms with E-state index in [0.29, 0.717) is 24.5 Å². The van der Waals surface area contributed by atoms with Crippen LogP contribution in [0, 0.1) is 35.4 Å². The molecule has 612 valence electrons. The second-order valence-electron chi connectivity index (χ2n) is 26.5. The molecule has 0 unspecified atom stereocenters. The van der Waals surface area contributed by atoms with E-state index in [1.54, 1.807) is 0 Å². The van der Waals surface area contributed by atoms with Crippen LogP contribution in [-0.4, -0.2) is 26.1 Å². The molecule has 4 nitrogen and oxygen atoms in total. The second-order valence-corrected chi connectivity index (χ2v) is 26.5. The van der Waals surface area contributed by atoms with Crippen LogP contribution in [0.25, 0.3) is 33.9 Å². The second kappa shape index (κ2) is 33.2. The van der Waals surface area contributed by atoms with Gasteiger partial charge in [0.2, 0.25) is 0 Å². The molecule has 0 radical (unpaired) electrons. The third-order valence-electron chi connectivity index (χ3n) is 16.4. The zero-order chi connectivity index (χ0) is 85.6. The summed E-state index contributed by atoms with van der Waals surface area (Å²) in [5.74, 6) is -3.49. The van der Waals surface area contributed by atoms with Crippen LogP contribution in [0.5, 0.6) is 0 Å². The van der Waals surface area contributed by atoms with E-state index in [1.807, 2.05) is 12.4 Å². The van der Waals surface area contributed by atoms with Gasteiger partial charge in [0, 0.05) is 48.1 Å². The largest absolute Gasteiger partial charge is 3.00 e. The van der Waals surface area contributed by atoms with E-state index in [9.17, 15) is 149 Å². The van der Waals surface area contributed by atoms with Crippen molar-refractivity contribution in [3.63, 3.8) is 0 Å². The Morgan fingerprint density at radius 3 is 0.640 bits per heavy atom. The molecule has 0 N–H and O–H groups in total. The molecule has 10 rings (SSSR count). The molecule has 0 aliphatic heterocycles. The van der Waals surface area contributed by atoms with E-state index in [4.69, 9.17) is 0 Å². The normalized spacial score (nSPS) is 13.0. The number of rotatable bonds is 7. The van der Waals surface area contributed by atoms with Gasteiger partial charge in [-0.15, -0.1) is 24.3 Å². The maximum Gasteiger partial charge on any atom is 3.00 e. The number of hydrogen-bond donors (Lipinski definition) is 0. The molecule has 0 fully saturated rings. The minimum absolute atomic E-state index is 0. The third kappa shape index (κ3) is 23.3. The summed E-state index contributed by atoms with van der Waals surface area (Å²) in [6.07, 6.45) is -58.9. The van der Waals surface area contributed by atoms with Gasteiger partial charge in [0.25, 0.3) is 0 Å². The van der Waals surface area contributed by atoms with Gasteiger partial charge in [-0.1, -0.05) is 138 Å². The summed E-state index contributed by atoms with van der Waals surface area (Å²) in [7, 11) is 0. The Morgan fingerprint density at radius 2 is 0.465 bits per heavy atom. The van der Waals surface area contributed by atoms with E-state index in [1.165, 1.54) is 11.1 Å². The fraction of sp³-hybridized carbons (Fsp3) is 0.243. The van der Waals surface area contributed by atoms with Gasteiger partial charge in [0.05, 0.1) is 67.0 Å². The van der Waals surface area contributed by atoms with Gasteiger partial charge in [-0.3, -0.25) is 27.5 Å². The summed E-state index contributed by atoms with van der Waals surface area (Å²) in [6, 6.07) is 10.8. The molecule has 0 atom stereocenters. The maximum absolute atomic E-state index is 14.2. The molecule has 0 saturated carbocycles. The summed E-state index contributed by atoms with van der Waals surface area (Å²) in [5, 5.41) is 0. The van der Waals surface area contributed by atoms with Gasteiger partial charge in [-0.05, 0) is 81.9 Å². The molecule has 40 heteroatoms. The van der Waals surface area contributed by atoms with Gasteiger partial charge >= 0.3 is 81.9 Å². The number of aromatic nitrogens is 4. The molecule has 114 heavy (non-hydrogen) atoms. The van der Waals surface area contributed by atoms with Crippen molar-refractivity contribution in [3.8, 4) is 33.9 Å². The van der Waals surface area contributed by atoms with E-state index >= 15 is 0 Å². The van der Waals surface area contributed by atoms with Crippen molar-refractivity contribution in [1.29, 1.82) is 0 Å². The predicted octanol–water partition coefficient (Wildman–Crippen LogP) is 23.6. The Labute approximate surface area is 635 Å². The summed E-state index contributed by atoms with van der Waals surface area (Å²) >= 11 is 0. The Hall–Kier alpha value is -9.75. The van der Waals surface area contributed by atoms with Gasteiger partial charge in [-0.25, -0.2) is 0 Å². The first-order chi connectivity index (χ1) is 51.2. The third-order valence-corrected chi connectivity index (χ3v) is 16.4. The van der Waals surface area contributed by atoms with E-state index in [2.05, 4.69) is 97.9 Å². The minimum atomic E-state index is -6.13. The average Bonchev–Trinajstić information content (AvgIpc) is 0.706. The van der Waals surface area contributed by atoms with Crippen LogP contribution >= 0.6 is 0 Å². The van der Waals surface area contributed by atoms with Gasteiger partial charge in [0.1, 0.15) is 6.15 Å². The monoisotopic (exact) mass is 1840 g/mol. The van der Waals surface area contributed by atoms with Crippen molar-refractivity contribution in [3.05, 3.63) is 273 Å². The Balaban J connectivity index is 0.000000284. The van der Waals surface area contributed by atoms with Crippen molar-refractivity contribution in [2.24, 2.45) is 0 Å². The van der Waals surface area contributed by atoms with Gasteiger partial charge < -0.3 is 9.97 Å². The fourth-order valence-electron chi connectivity index (χ4n) is 10.8. The average molecular weight is 1840 g/mol. The van der Waals surface area contributed by atoms with Crippen LogP contribution in [0.1, 0.15) is 108 Å². The number of hydrogen-bond acceptors (Lipinski definition) is 4. The Morgan fingerprint density at radius 1 is 0.246 bits per heavy atom. The van der Waals surface area contributed by atoms with Crippen molar-refractivity contribution in [1.82, 2.24) is 19.9 Å². The van der Waals surface area contributed by atoms with Crippen LogP contribution in [0.3, 0.4) is 0 Å². The maximum atomic E-state index is 14.2. The quantitative estimate of drug-likeness (QED) is 0.0906. The molecular weight excluding hydrogens is 1790 g/mol. The van der Waals surface area contributed by atoms with E-state index in [0.717, 1.165) is 47.8 Å². The van der Waals surface area contributed by atoms with Crippen LogP contribution in [0.4, 0.5) is 149 Å². The summed E-state index contributed by atoms with van der Waals surface area (Å²) < 4.78 is 466. The smallest absolute Gasteiger partial charge is 0.304 e. The van der Waals surface area contributed by atoms with Crippen LogP contribution in [0.15, 0.2) is 170 Å². The molecule has 6 aromatic carbocycles. The summed E-state index contributed by atoms with van der Waals surface area (Å²) in [6.45, 7) is 13.3. The minimum Gasteiger partial charge on any atom is -0.304 e. The van der Waals surface area contributed by atoms with Crippen LogP contribution in [-0.2, 0) is 92.7 Å². The predicted molar refractivity (Wildman–Crippen MR) is 342 cm³/mol. The number of alkyl halides is 30. The zero-order valence-corrected chi connectivity index (χ0v) is 60.1.